The number of nitrogens with zero attached hydrogens (tertiary/aromatic N) is 11. The third-order valence-corrected chi connectivity index (χ3v) is 18.3. The second-order valence-corrected chi connectivity index (χ2v) is 23.4. The molecular formula is C75H41N11O3S. The summed E-state index contributed by atoms with van der Waals surface area (Å²) in [7, 11) is 0. The molecule has 8 heterocycles. The molecule has 0 fully saturated rings. The van der Waals surface area contributed by atoms with Crippen molar-refractivity contribution in [2.24, 2.45) is 0 Å². The smallest absolute Gasteiger partial charge is 0.310 e. The minimum atomic E-state index is -0.269. The monoisotopic (exact) mass is 1180 g/mol. The SMILES string of the molecule is O=c1c2ccc3c4ccccc4n(-c4cccc(-c5nc(-c6ccccc6)nc(-c6ccccc6)n5)c4)c3c2oc2nc3ccc(-c4ccc5c6cc7sc8nc9ccccc9n8c(=O)c7cc6n(-c6nc(-c7ccccc7)c7ccccc7n6)c5c4)cc3n12. The molecule has 0 aliphatic rings. The molecule has 0 aliphatic carbocycles. The summed E-state index contributed by atoms with van der Waals surface area (Å²) < 4.78 is 15.3. The number of hydrogen-bond acceptors (Lipinski definition) is 11. The van der Waals surface area contributed by atoms with Crippen molar-refractivity contribution in [3.05, 3.63) is 269 Å². The lowest BCUT2D eigenvalue weighted by molar-refractivity contribution is 0.618. The van der Waals surface area contributed by atoms with Crippen molar-refractivity contribution in [3.8, 4) is 68.2 Å². The molecule has 19 aromatic rings. The standard InChI is InChI=1S/C75H41N11O3S/c87-71-53-35-34-51-49-25-11-14-29-59(49)83(48-24-16-23-47(37-48)70-81-68(43-19-6-2-7-20-43)80-69(82-70)44-21-8-3-9-22-44)66(51)67(53)89-74-77-58-36-32-46(39-63(58)85(71)74)45-31-33-50-54-41-64-55(72(88)86-60-30-15-13-28-57(60)78-75(86)90-64)40-62(54)84(61(50)38-45)73-76-56-27-12-10-26-52(56)65(79-73)42-17-4-1-5-18-42/h1-41H. The van der Waals surface area contributed by atoms with E-state index in [1.165, 1.54) is 11.3 Å². The first-order chi connectivity index (χ1) is 44.4. The van der Waals surface area contributed by atoms with Crippen LogP contribution < -0.4 is 11.1 Å². The summed E-state index contributed by atoms with van der Waals surface area (Å²) in [6, 6.07) is 82.4. The van der Waals surface area contributed by atoms with Gasteiger partial charge in [0, 0.05) is 59.6 Å². The Morgan fingerprint density at radius 1 is 0.333 bits per heavy atom. The molecule has 0 bridgehead atoms. The van der Waals surface area contributed by atoms with Gasteiger partial charge in [0.05, 0.1) is 66.1 Å². The molecular weight excluding hydrogens is 1130 g/mol. The number of para-hydroxylation sites is 4. The molecule has 0 radical (unpaired) electrons. The highest BCUT2D eigenvalue weighted by Crippen LogP contribution is 2.41. The molecule has 90 heavy (non-hydrogen) atoms. The van der Waals surface area contributed by atoms with E-state index in [-0.39, 0.29) is 17.0 Å². The Bertz CT molecular complexity index is 6350. The molecule has 0 N–H and O–H groups in total. The van der Waals surface area contributed by atoms with Crippen LogP contribution in [0.1, 0.15) is 0 Å². The van der Waals surface area contributed by atoms with Gasteiger partial charge in [0.25, 0.3) is 11.1 Å². The Morgan fingerprint density at radius 2 is 0.911 bits per heavy atom. The van der Waals surface area contributed by atoms with Gasteiger partial charge >= 0.3 is 5.84 Å². The number of rotatable bonds is 7. The predicted octanol–water partition coefficient (Wildman–Crippen LogP) is 16.6. The van der Waals surface area contributed by atoms with E-state index < -0.39 is 0 Å². The lowest BCUT2D eigenvalue weighted by atomic mass is 10.0. The maximum Gasteiger partial charge on any atom is 0.310 e. The topological polar surface area (TPSA) is 156 Å². The highest BCUT2D eigenvalue weighted by molar-refractivity contribution is 7.23. The Kier molecular flexibility index (Phi) is 10.6. The third kappa shape index (κ3) is 7.47. The van der Waals surface area contributed by atoms with Crippen LogP contribution in [0.4, 0.5) is 0 Å². The van der Waals surface area contributed by atoms with Crippen molar-refractivity contribution in [3.63, 3.8) is 0 Å². The molecule has 0 amide bonds. The highest BCUT2D eigenvalue weighted by atomic mass is 32.1. The van der Waals surface area contributed by atoms with Crippen LogP contribution in [0.2, 0.25) is 0 Å². The summed E-state index contributed by atoms with van der Waals surface area (Å²) in [5.41, 5.74) is 13.5. The van der Waals surface area contributed by atoms with Gasteiger partial charge < -0.3 is 8.98 Å². The molecule has 14 nitrogen and oxygen atoms in total. The Hall–Kier alpha value is -12.3. The van der Waals surface area contributed by atoms with E-state index in [1.807, 2.05) is 194 Å². The molecule has 0 unspecified atom stereocenters. The number of hydrogen-bond donors (Lipinski definition) is 0. The largest absolute Gasteiger partial charge is 0.422 e. The number of benzene rings is 11. The van der Waals surface area contributed by atoms with Crippen LogP contribution in [-0.2, 0) is 0 Å². The second kappa shape index (κ2) is 19.1. The fraction of sp³-hybridized carbons (Fsp3) is 0. The summed E-state index contributed by atoms with van der Waals surface area (Å²) in [5.74, 6) is 2.26. The molecule has 0 spiro atoms. The molecule has 19 rings (SSSR count). The van der Waals surface area contributed by atoms with Crippen molar-refractivity contribution in [2.75, 3.05) is 0 Å². The van der Waals surface area contributed by atoms with Crippen LogP contribution in [0.3, 0.4) is 0 Å². The lowest BCUT2D eigenvalue weighted by Crippen LogP contribution is -2.12. The zero-order valence-corrected chi connectivity index (χ0v) is 48.0. The van der Waals surface area contributed by atoms with Gasteiger partial charge in [0.1, 0.15) is 0 Å². The first-order valence-electron chi connectivity index (χ1n) is 29.4. The lowest BCUT2D eigenvalue weighted by Gasteiger charge is -2.12. The van der Waals surface area contributed by atoms with Crippen LogP contribution in [-0.4, -0.2) is 52.8 Å². The van der Waals surface area contributed by atoms with Gasteiger partial charge in [-0.2, -0.15) is 4.98 Å². The van der Waals surface area contributed by atoms with Crippen LogP contribution in [0.15, 0.2) is 263 Å². The maximum absolute atomic E-state index is 15.4. The van der Waals surface area contributed by atoms with Crippen molar-refractivity contribution in [1.82, 2.24) is 52.8 Å². The van der Waals surface area contributed by atoms with Gasteiger partial charge in [-0.1, -0.05) is 187 Å². The van der Waals surface area contributed by atoms with Crippen molar-refractivity contribution >= 4 is 120 Å². The maximum atomic E-state index is 15.4. The van der Waals surface area contributed by atoms with E-state index in [2.05, 4.69) is 63.7 Å². The summed E-state index contributed by atoms with van der Waals surface area (Å²) in [6.07, 6.45) is 0. The van der Waals surface area contributed by atoms with Crippen LogP contribution >= 0.6 is 11.3 Å². The van der Waals surface area contributed by atoms with E-state index in [1.54, 1.807) is 8.80 Å². The first-order valence-corrected chi connectivity index (χ1v) is 30.2. The van der Waals surface area contributed by atoms with Gasteiger partial charge in [-0.05, 0) is 83.9 Å². The van der Waals surface area contributed by atoms with Crippen LogP contribution in [0.25, 0.3) is 177 Å². The number of aromatic nitrogens is 11. The summed E-state index contributed by atoms with van der Waals surface area (Å²) in [5, 5.41) is 5.65. The highest BCUT2D eigenvalue weighted by Gasteiger charge is 2.25. The van der Waals surface area contributed by atoms with Gasteiger partial charge in [0.2, 0.25) is 5.95 Å². The number of fused-ring (bicyclic) bond motifs is 16. The van der Waals surface area contributed by atoms with Crippen molar-refractivity contribution in [2.45, 2.75) is 0 Å². The van der Waals surface area contributed by atoms with Gasteiger partial charge in [-0.3, -0.25) is 14.2 Å². The van der Waals surface area contributed by atoms with E-state index >= 15 is 4.79 Å². The second-order valence-electron chi connectivity index (χ2n) is 22.4. The van der Waals surface area contributed by atoms with Gasteiger partial charge in [-0.15, -0.1) is 0 Å². The Balaban J connectivity index is 0.789. The molecule has 420 valence electrons. The molecule has 0 saturated carbocycles. The molecule has 11 aromatic carbocycles. The summed E-state index contributed by atoms with van der Waals surface area (Å²) >= 11 is 1.49. The quantitative estimate of drug-likeness (QED) is 0.150. The van der Waals surface area contributed by atoms with E-state index in [9.17, 15) is 4.79 Å². The fourth-order valence-corrected chi connectivity index (χ4v) is 14.2. The fourth-order valence-electron chi connectivity index (χ4n) is 13.2. The zero-order chi connectivity index (χ0) is 59.3. The first kappa shape index (κ1) is 49.9. The minimum absolute atomic E-state index is 0.153. The molecule has 0 aliphatic heterocycles. The average Bonchev–Trinajstić information content (AvgIpc) is 1.61. The number of imidazole rings is 2. The molecule has 0 atom stereocenters. The summed E-state index contributed by atoms with van der Waals surface area (Å²) in [4.78, 5) is 66.4. The molecule has 0 saturated heterocycles. The zero-order valence-electron chi connectivity index (χ0n) is 47.2. The van der Waals surface area contributed by atoms with Crippen LogP contribution in [0.5, 0.6) is 0 Å². The summed E-state index contributed by atoms with van der Waals surface area (Å²) in [6.45, 7) is 0. The van der Waals surface area contributed by atoms with Gasteiger partial charge in [-0.25, -0.2) is 38.7 Å². The van der Waals surface area contributed by atoms with Gasteiger partial charge in [0.15, 0.2) is 28.0 Å². The normalized spacial score (nSPS) is 12.1. The van der Waals surface area contributed by atoms with E-state index in [0.717, 1.165) is 115 Å². The van der Waals surface area contributed by atoms with E-state index in [4.69, 9.17) is 39.3 Å². The van der Waals surface area contributed by atoms with Crippen LogP contribution in [0, 0.1) is 0 Å². The van der Waals surface area contributed by atoms with Crippen molar-refractivity contribution < 1.29 is 4.42 Å². The Morgan fingerprint density at radius 3 is 1.68 bits per heavy atom. The van der Waals surface area contributed by atoms with Crippen molar-refractivity contribution in [1.29, 1.82) is 0 Å². The predicted molar refractivity (Wildman–Crippen MR) is 359 cm³/mol. The van der Waals surface area contributed by atoms with E-state index in [0.29, 0.717) is 55.8 Å². The third-order valence-electron chi connectivity index (χ3n) is 17.3. The minimum Gasteiger partial charge on any atom is -0.422 e. The average molecular weight is 1180 g/mol. The molecule has 8 aromatic heterocycles. The molecule has 15 heteroatoms. The Labute approximate surface area is 511 Å².